The number of methoxy groups -OCH3 is 1. The van der Waals surface area contributed by atoms with E-state index in [1.54, 1.807) is 11.0 Å². The molecule has 2 fully saturated rings. The van der Waals surface area contributed by atoms with E-state index < -0.39 is 29.5 Å². The van der Waals surface area contributed by atoms with Crippen LogP contribution in [-0.4, -0.2) is 48.0 Å². The van der Waals surface area contributed by atoms with Crippen molar-refractivity contribution in [2.24, 2.45) is 11.8 Å². The number of Topliss-reactive ketones (excluding diaryl/α,β-unsaturated/α-hetero) is 1. The van der Waals surface area contributed by atoms with Crippen LogP contribution in [0.4, 0.5) is 9.18 Å². The molecule has 176 valence electrons. The fourth-order valence-electron chi connectivity index (χ4n) is 5.06. The lowest BCUT2D eigenvalue weighted by molar-refractivity contribution is -0.124. The number of benzene rings is 1. The second-order valence-electron chi connectivity index (χ2n) is 9.92. The van der Waals surface area contributed by atoms with E-state index in [2.05, 4.69) is 4.74 Å². The van der Waals surface area contributed by atoms with E-state index in [0.29, 0.717) is 18.0 Å². The Labute approximate surface area is 189 Å². The van der Waals surface area contributed by atoms with Gasteiger partial charge in [0.25, 0.3) is 0 Å². The Kier molecular flexibility index (Phi) is 7.57. The van der Waals surface area contributed by atoms with Crippen LogP contribution in [0.1, 0.15) is 75.2 Å². The SMILES string of the molecule is COC(=O)c1ccc(CC(=O)[C@@H]2[C@H](C3CCCCC3)CCN2C(=O)OC(C)(C)C)cc1F. The number of nitrogens with zero attached hydrogens (tertiary/aromatic N) is 1. The fraction of sp³-hybridized carbons (Fsp3) is 0.640. The molecule has 1 saturated carbocycles. The zero-order valence-corrected chi connectivity index (χ0v) is 19.5. The maximum atomic E-state index is 14.4. The average molecular weight is 448 g/mol. The molecule has 1 aromatic rings. The van der Waals surface area contributed by atoms with Crippen molar-refractivity contribution in [3.63, 3.8) is 0 Å². The molecule has 0 radical (unpaired) electrons. The van der Waals surface area contributed by atoms with Gasteiger partial charge in [0.15, 0.2) is 5.78 Å². The van der Waals surface area contributed by atoms with Crippen LogP contribution in [0.2, 0.25) is 0 Å². The molecule has 0 spiro atoms. The monoisotopic (exact) mass is 447 g/mol. The van der Waals surface area contributed by atoms with Crippen LogP contribution in [0.3, 0.4) is 0 Å². The van der Waals surface area contributed by atoms with Gasteiger partial charge < -0.3 is 9.47 Å². The molecule has 6 nitrogen and oxygen atoms in total. The Morgan fingerprint density at radius 1 is 1.09 bits per heavy atom. The summed E-state index contributed by atoms with van der Waals surface area (Å²) in [4.78, 5) is 39.6. The molecule has 0 bridgehead atoms. The summed E-state index contributed by atoms with van der Waals surface area (Å²) in [6.45, 7) is 5.91. The van der Waals surface area contributed by atoms with Gasteiger partial charge in [-0.3, -0.25) is 9.69 Å². The number of esters is 1. The first-order valence-electron chi connectivity index (χ1n) is 11.5. The van der Waals surface area contributed by atoms with Crippen molar-refractivity contribution < 1.29 is 28.2 Å². The summed E-state index contributed by atoms with van der Waals surface area (Å²) in [6.07, 6.45) is 5.94. The van der Waals surface area contributed by atoms with Gasteiger partial charge in [-0.2, -0.15) is 0 Å². The molecule has 32 heavy (non-hydrogen) atoms. The smallest absolute Gasteiger partial charge is 0.410 e. The van der Waals surface area contributed by atoms with Gasteiger partial charge in [0.2, 0.25) is 0 Å². The molecule has 0 aromatic heterocycles. The van der Waals surface area contributed by atoms with Gasteiger partial charge in [0.1, 0.15) is 11.4 Å². The first kappa shape index (κ1) is 24.2. The third-order valence-corrected chi connectivity index (χ3v) is 6.48. The van der Waals surface area contributed by atoms with Gasteiger partial charge in [0.05, 0.1) is 18.7 Å². The summed E-state index contributed by atoms with van der Waals surface area (Å²) in [6, 6.07) is 3.53. The first-order chi connectivity index (χ1) is 15.1. The quantitative estimate of drug-likeness (QED) is 0.599. The number of rotatable bonds is 5. The van der Waals surface area contributed by atoms with E-state index in [-0.39, 0.29) is 23.7 Å². The van der Waals surface area contributed by atoms with Crippen LogP contribution in [0.25, 0.3) is 0 Å². The van der Waals surface area contributed by atoms with Crippen molar-refractivity contribution in [2.45, 2.75) is 77.4 Å². The Morgan fingerprint density at radius 3 is 2.38 bits per heavy atom. The van der Waals surface area contributed by atoms with E-state index in [1.165, 1.54) is 25.7 Å². The third-order valence-electron chi connectivity index (χ3n) is 6.48. The summed E-state index contributed by atoms with van der Waals surface area (Å²) in [7, 11) is 1.19. The normalized spacial score (nSPS) is 22.0. The van der Waals surface area contributed by atoms with E-state index in [4.69, 9.17) is 4.74 Å². The number of hydrogen-bond acceptors (Lipinski definition) is 5. The molecular weight excluding hydrogens is 413 g/mol. The van der Waals surface area contributed by atoms with Gasteiger partial charge in [-0.15, -0.1) is 0 Å². The van der Waals surface area contributed by atoms with Crippen LogP contribution >= 0.6 is 0 Å². The first-order valence-corrected chi connectivity index (χ1v) is 11.5. The maximum absolute atomic E-state index is 14.4. The Hall–Kier alpha value is -2.44. The lowest BCUT2D eigenvalue weighted by Gasteiger charge is -2.34. The highest BCUT2D eigenvalue weighted by molar-refractivity contribution is 5.91. The van der Waals surface area contributed by atoms with E-state index in [0.717, 1.165) is 32.1 Å². The van der Waals surface area contributed by atoms with E-state index >= 15 is 0 Å². The number of likely N-dealkylation sites (tertiary alicyclic amines) is 1. The molecule has 2 aliphatic rings. The minimum absolute atomic E-state index is 0.00838. The van der Waals surface area contributed by atoms with Crippen molar-refractivity contribution in [2.75, 3.05) is 13.7 Å². The minimum atomic E-state index is -0.760. The Morgan fingerprint density at radius 2 is 1.78 bits per heavy atom. The van der Waals surface area contributed by atoms with Gasteiger partial charge in [0, 0.05) is 13.0 Å². The topological polar surface area (TPSA) is 72.9 Å². The molecule has 1 aromatic carbocycles. The Balaban J connectivity index is 1.82. The van der Waals surface area contributed by atoms with Gasteiger partial charge in [-0.25, -0.2) is 14.0 Å². The van der Waals surface area contributed by atoms with Crippen LogP contribution in [0.15, 0.2) is 18.2 Å². The summed E-state index contributed by atoms with van der Waals surface area (Å²) in [5, 5.41) is 0. The maximum Gasteiger partial charge on any atom is 0.410 e. The summed E-state index contributed by atoms with van der Waals surface area (Å²) >= 11 is 0. The summed E-state index contributed by atoms with van der Waals surface area (Å²) in [5.74, 6) is -1.10. The number of amides is 1. The van der Waals surface area contributed by atoms with Crippen LogP contribution in [0.5, 0.6) is 0 Å². The number of ketones is 1. The largest absolute Gasteiger partial charge is 0.465 e. The van der Waals surface area contributed by atoms with Crippen molar-refractivity contribution in [3.05, 3.63) is 35.1 Å². The van der Waals surface area contributed by atoms with Crippen molar-refractivity contribution in [1.29, 1.82) is 0 Å². The molecule has 1 heterocycles. The van der Waals surface area contributed by atoms with Crippen LogP contribution < -0.4 is 0 Å². The van der Waals surface area contributed by atoms with Gasteiger partial charge in [-0.05, 0) is 56.7 Å². The zero-order chi connectivity index (χ0) is 23.5. The molecule has 1 aliphatic heterocycles. The molecule has 2 atom stereocenters. The molecule has 1 amide bonds. The molecule has 7 heteroatoms. The molecule has 3 rings (SSSR count). The minimum Gasteiger partial charge on any atom is -0.465 e. The highest BCUT2D eigenvalue weighted by Gasteiger charge is 2.46. The summed E-state index contributed by atoms with van der Waals surface area (Å²) < 4.78 is 24.5. The van der Waals surface area contributed by atoms with Gasteiger partial charge >= 0.3 is 12.1 Å². The second-order valence-corrected chi connectivity index (χ2v) is 9.92. The lowest BCUT2D eigenvalue weighted by Crippen LogP contribution is -2.47. The van der Waals surface area contributed by atoms with Crippen LogP contribution in [-0.2, 0) is 20.7 Å². The molecule has 0 unspecified atom stereocenters. The number of halogens is 1. The predicted molar refractivity (Wildman–Crippen MR) is 118 cm³/mol. The molecular formula is C25H34FNO5. The highest BCUT2D eigenvalue weighted by atomic mass is 19.1. The second kappa shape index (κ2) is 10.0. The third kappa shape index (κ3) is 5.67. The lowest BCUT2D eigenvalue weighted by atomic mass is 9.75. The molecule has 1 aliphatic carbocycles. The Bertz CT molecular complexity index is 856. The highest BCUT2D eigenvalue weighted by Crippen LogP contribution is 2.40. The van der Waals surface area contributed by atoms with Crippen molar-refractivity contribution in [3.8, 4) is 0 Å². The van der Waals surface area contributed by atoms with Gasteiger partial charge in [-0.1, -0.05) is 38.2 Å². The van der Waals surface area contributed by atoms with E-state index in [9.17, 15) is 18.8 Å². The number of hydrogen-bond donors (Lipinski definition) is 0. The van der Waals surface area contributed by atoms with Crippen molar-refractivity contribution in [1.82, 2.24) is 4.90 Å². The number of carbonyl (C=O) groups is 3. The number of ether oxygens (including phenoxy) is 2. The molecule has 1 saturated heterocycles. The van der Waals surface area contributed by atoms with Crippen molar-refractivity contribution >= 4 is 17.8 Å². The fourth-order valence-corrected chi connectivity index (χ4v) is 5.06. The molecule has 0 N–H and O–H groups in total. The average Bonchev–Trinajstić information content (AvgIpc) is 3.18. The summed E-state index contributed by atoms with van der Waals surface area (Å²) in [5.41, 5.74) is -0.348. The standard InChI is InChI=1S/C25H34FNO5/c1-25(2,3)32-24(30)27-13-12-18(17-8-6-5-7-9-17)22(27)21(28)15-16-10-11-19(20(26)14-16)23(29)31-4/h10-11,14,17-18,22H,5-9,12-13,15H2,1-4H3/t18-,22-/m0/s1. The number of carbonyl (C=O) groups excluding carboxylic acids is 3. The predicted octanol–water partition coefficient (Wildman–Crippen LogP) is 4.93. The van der Waals surface area contributed by atoms with Crippen LogP contribution in [0, 0.1) is 17.7 Å². The van der Waals surface area contributed by atoms with E-state index in [1.807, 2.05) is 20.8 Å². The zero-order valence-electron chi connectivity index (χ0n) is 19.5.